The fourth-order valence-corrected chi connectivity index (χ4v) is 3.38. The molecular formula is C21H18N2O2. The van der Waals surface area contributed by atoms with Crippen LogP contribution >= 0.6 is 0 Å². The Morgan fingerprint density at radius 2 is 1.44 bits per heavy atom. The molecule has 124 valence electrons. The molecule has 0 saturated heterocycles. The molecule has 4 nitrogen and oxygen atoms in total. The zero-order valence-corrected chi connectivity index (χ0v) is 13.6. The number of hydrogen-bond acceptors (Lipinski definition) is 4. The number of nitrogens with one attached hydrogen (secondary N) is 1. The molecule has 1 aliphatic rings. The summed E-state index contributed by atoms with van der Waals surface area (Å²) in [7, 11) is 0. The Kier molecular flexibility index (Phi) is 3.96. The number of ether oxygens (including phenoxy) is 1. The van der Waals surface area contributed by atoms with Crippen molar-refractivity contribution in [3.05, 3.63) is 89.5 Å². The van der Waals surface area contributed by atoms with Crippen LogP contribution in [0.25, 0.3) is 11.1 Å². The maximum absolute atomic E-state index is 12.4. The minimum atomic E-state index is -0.328. The highest BCUT2D eigenvalue weighted by atomic mass is 16.5. The van der Waals surface area contributed by atoms with E-state index in [4.69, 9.17) is 10.6 Å². The molecule has 0 atom stereocenters. The zero-order valence-electron chi connectivity index (χ0n) is 13.6. The van der Waals surface area contributed by atoms with E-state index in [-0.39, 0.29) is 11.9 Å². The van der Waals surface area contributed by atoms with Gasteiger partial charge < -0.3 is 10.2 Å². The van der Waals surface area contributed by atoms with Gasteiger partial charge in [-0.15, -0.1) is 0 Å². The molecule has 0 aromatic heterocycles. The van der Waals surface area contributed by atoms with Crippen molar-refractivity contribution in [2.24, 2.45) is 5.84 Å². The molecule has 0 spiro atoms. The fourth-order valence-electron chi connectivity index (χ4n) is 3.38. The van der Waals surface area contributed by atoms with Gasteiger partial charge in [-0.25, -0.2) is 4.79 Å². The minimum absolute atomic E-state index is 0.0707. The van der Waals surface area contributed by atoms with Gasteiger partial charge in [0.15, 0.2) is 0 Å². The Morgan fingerprint density at radius 1 is 0.880 bits per heavy atom. The Hall–Kier alpha value is -3.11. The highest BCUT2D eigenvalue weighted by Crippen LogP contribution is 2.44. The van der Waals surface area contributed by atoms with Crippen LogP contribution in [0, 0.1) is 0 Å². The number of benzene rings is 3. The Bertz CT molecular complexity index is 874. The summed E-state index contributed by atoms with van der Waals surface area (Å²) in [5.74, 6) is 5.08. The highest BCUT2D eigenvalue weighted by Gasteiger charge is 2.29. The molecular weight excluding hydrogens is 312 g/mol. The van der Waals surface area contributed by atoms with E-state index in [9.17, 15) is 4.79 Å². The fraction of sp³-hybridized carbons (Fsp3) is 0.0952. The molecule has 3 aromatic rings. The molecule has 0 amide bonds. The lowest BCUT2D eigenvalue weighted by Crippen LogP contribution is -2.13. The highest BCUT2D eigenvalue weighted by molar-refractivity contribution is 5.90. The van der Waals surface area contributed by atoms with Crippen molar-refractivity contribution in [2.45, 2.75) is 5.92 Å². The van der Waals surface area contributed by atoms with Gasteiger partial charge in [0.1, 0.15) is 6.61 Å². The van der Waals surface area contributed by atoms with Crippen molar-refractivity contribution in [3.63, 3.8) is 0 Å². The van der Waals surface area contributed by atoms with Crippen molar-refractivity contribution in [1.82, 2.24) is 0 Å². The van der Waals surface area contributed by atoms with Crippen LogP contribution in [0.2, 0.25) is 0 Å². The van der Waals surface area contributed by atoms with Gasteiger partial charge in [0.25, 0.3) is 0 Å². The maximum atomic E-state index is 12.4. The predicted octanol–water partition coefficient (Wildman–Crippen LogP) is 3.94. The molecule has 0 radical (unpaired) electrons. The van der Waals surface area contributed by atoms with Crippen LogP contribution in [0.5, 0.6) is 0 Å². The van der Waals surface area contributed by atoms with Crippen LogP contribution in [0.15, 0.2) is 72.8 Å². The zero-order chi connectivity index (χ0) is 17.2. The van der Waals surface area contributed by atoms with E-state index in [2.05, 4.69) is 29.7 Å². The number of hydrazine groups is 1. The van der Waals surface area contributed by atoms with Gasteiger partial charge in [-0.3, -0.25) is 5.84 Å². The second kappa shape index (κ2) is 6.42. The number of esters is 1. The second-order valence-electron chi connectivity index (χ2n) is 6.05. The first-order valence-electron chi connectivity index (χ1n) is 8.20. The van der Waals surface area contributed by atoms with Gasteiger partial charge >= 0.3 is 5.97 Å². The van der Waals surface area contributed by atoms with Crippen molar-refractivity contribution in [1.29, 1.82) is 0 Å². The molecule has 3 N–H and O–H groups in total. The first kappa shape index (κ1) is 15.4. The summed E-state index contributed by atoms with van der Waals surface area (Å²) < 4.78 is 5.61. The molecule has 25 heavy (non-hydrogen) atoms. The van der Waals surface area contributed by atoms with E-state index >= 15 is 0 Å². The summed E-state index contributed by atoms with van der Waals surface area (Å²) in [5, 5.41) is 0. The molecule has 1 aliphatic carbocycles. The van der Waals surface area contributed by atoms with Crippen LogP contribution in [0.4, 0.5) is 5.69 Å². The molecule has 0 fully saturated rings. The van der Waals surface area contributed by atoms with Gasteiger partial charge in [-0.05, 0) is 46.5 Å². The van der Waals surface area contributed by atoms with E-state index in [1.54, 1.807) is 24.3 Å². The number of anilines is 1. The molecule has 0 aliphatic heterocycles. The van der Waals surface area contributed by atoms with Crippen LogP contribution in [-0.2, 0) is 4.74 Å². The molecule has 3 aromatic carbocycles. The van der Waals surface area contributed by atoms with E-state index in [1.165, 1.54) is 22.3 Å². The van der Waals surface area contributed by atoms with E-state index in [0.717, 1.165) is 5.69 Å². The molecule has 4 rings (SSSR count). The quantitative estimate of drug-likeness (QED) is 0.432. The van der Waals surface area contributed by atoms with Crippen molar-refractivity contribution < 1.29 is 9.53 Å². The van der Waals surface area contributed by atoms with Gasteiger partial charge in [-0.1, -0.05) is 48.5 Å². The lowest BCUT2D eigenvalue weighted by atomic mass is 9.98. The third-order valence-corrected chi connectivity index (χ3v) is 4.63. The van der Waals surface area contributed by atoms with Crippen molar-refractivity contribution in [3.8, 4) is 11.1 Å². The van der Waals surface area contributed by atoms with Crippen LogP contribution in [0.3, 0.4) is 0 Å². The van der Waals surface area contributed by atoms with E-state index in [1.807, 2.05) is 24.3 Å². The summed E-state index contributed by atoms with van der Waals surface area (Å²) in [4.78, 5) is 12.4. The molecule has 0 heterocycles. The number of carbonyl (C=O) groups is 1. The van der Waals surface area contributed by atoms with Crippen LogP contribution in [-0.4, -0.2) is 12.6 Å². The third-order valence-electron chi connectivity index (χ3n) is 4.63. The lowest BCUT2D eigenvalue weighted by Gasteiger charge is -2.14. The Balaban J connectivity index is 1.55. The third kappa shape index (κ3) is 2.77. The number of carbonyl (C=O) groups excluding carboxylic acids is 1. The Morgan fingerprint density at radius 3 is 2.00 bits per heavy atom. The number of nitrogen functional groups attached to an aromatic ring is 1. The van der Waals surface area contributed by atoms with Gasteiger partial charge in [0.2, 0.25) is 0 Å². The number of fused-ring (bicyclic) bond motifs is 3. The standard InChI is InChI=1S/C21H18N2O2/c22-23-15-11-9-14(10-12-15)21(24)25-13-20-18-7-3-1-5-16(18)17-6-2-4-8-19(17)20/h1-12,20,23H,13,22H2. The van der Waals surface area contributed by atoms with E-state index in [0.29, 0.717) is 12.2 Å². The minimum Gasteiger partial charge on any atom is -0.461 e. The summed E-state index contributed by atoms with van der Waals surface area (Å²) in [5.41, 5.74) is 8.65. The summed E-state index contributed by atoms with van der Waals surface area (Å²) in [6, 6.07) is 23.5. The smallest absolute Gasteiger partial charge is 0.338 e. The average Bonchev–Trinajstić information content (AvgIpc) is 3.00. The van der Waals surface area contributed by atoms with Crippen molar-refractivity contribution >= 4 is 11.7 Å². The van der Waals surface area contributed by atoms with Gasteiger partial charge in [-0.2, -0.15) is 0 Å². The lowest BCUT2D eigenvalue weighted by molar-refractivity contribution is 0.0493. The molecule has 0 saturated carbocycles. The number of nitrogens with two attached hydrogens (primary N) is 1. The topological polar surface area (TPSA) is 64.3 Å². The summed E-state index contributed by atoms with van der Waals surface area (Å²) in [6.07, 6.45) is 0. The monoisotopic (exact) mass is 330 g/mol. The number of rotatable bonds is 4. The summed E-state index contributed by atoms with van der Waals surface area (Å²) in [6.45, 7) is 0.323. The molecule has 0 bridgehead atoms. The predicted molar refractivity (Wildman–Crippen MR) is 98.3 cm³/mol. The average molecular weight is 330 g/mol. The second-order valence-corrected chi connectivity index (χ2v) is 6.05. The Labute approximate surface area is 146 Å². The first-order valence-corrected chi connectivity index (χ1v) is 8.20. The maximum Gasteiger partial charge on any atom is 0.338 e. The SMILES string of the molecule is NNc1ccc(C(=O)OCC2c3ccccc3-c3ccccc32)cc1. The largest absolute Gasteiger partial charge is 0.461 e. The van der Waals surface area contributed by atoms with E-state index < -0.39 is 0 Å². The van der Waals surface area contributed by atoms with Crippen molar-refractivity contribution in [2.75, 3.05) is 12.0 Å². The van der Waals surface area contributed by atoms with Gasteiger partial charge in [0, 0.05) is 11.6 Å². The molecule has 0 unspecified atom stereocenters. The van der Waals surface area contributed by atoms with Crippen LogP contribution in [0.1, 0.15) is 27.4 Å². The van der Waals surface area contributed by atoms with Gasteiger partial charge in [0.05, 0.1) is 5.56 Å². The number of hydrogen-bond donors (Lipinski definition) is 2. The summed E-state index contributed by atoms with van der Waals surface area (Å²) >= 11 is 0. The first-order chi connectivity index (χ1) is 12.3. The normalized spacial score (nSPS) is 12.4. The molecule has 4 heteroatoms. The van der Waals surface area contributed by atoms with Crippen LogP contribution < -0.4 is 11.3 Å².